The molecule has 0 aliphatic heterocycles. The van der Waals surface area contributed by atoms with E-state index in [9.17, 15) is 5.11 Å². The summed E-state index contributed by atoms with van der Waals surface area (Å²) in [6.07, 6.45) is 0.0991. The molecule has 1 unspecified atom stereocenters. The van der Waals surface area contributed by atoms with Gasteiger partial charge in [-0.1, -0.05) is 22.9 Å². The fourth-order valence-electron chi connectivity index (χ4n) is 1.43. The van der Waals surface area contributed by atoms with E-state index in [0.29, 0.717) is 17.9 Å². The lowest BCUT2D eigenvalue weighted by molar-refractivity contribution is 0.168. The number of rotatable bonds is 4. The van der Waals surface area contributed by atoms with Crippen LogP contribution in [0.5, 0.6) is 11.5 Å². The Morgan fingerprint density at radius 1 is 1.33 bits per heavy atom. The van der Waals surface area contributed by atoms with Crippen molar-refractivity contribution in [3.05, 3.63) is 22.2 Å². The number of benzene rings is 1. The summed E-state index contributed by atoms with van der Waals surface area (Å²) in [5.41, 5.74) is 0.742. The Morgan fingerprint density at radius 3 is 2.47 bits per heavy atom. The molecule has 1 atom stereocenters. The summed E-state index contributed by atoms with van der Waals surface area (Å²) < 4.78 is 11.3. The van der Waals surface area contributed by atoms with Gasteiger partial charge in [0.2, 0.25) is 0 Å². The third-order valence-electron chi connectivity index (χ3n) is 2.22. The molecule has 3 nitrogen and oxygen atoms in total. The Hall–Kier alpha value is -0.740. The van der Waals surface area contributed by atoms with Gasteiger partial charge < -0.3 is 14.6 Å². The second kappa shape index (κ2) is 5.37. The summed E-state index contributed by atoms with van der Waals surface area (Å²) >= 11 is 3.37. The molecule has 0 fully saturated rings. The minimum atomic E-state index is -0.536. The highest BCUT2D eigenvalue weighted by Gasteiger charge is 2.16. The molecule has 0 aliphatic rings. The number of hydrogen-bond donors (Lipinski definition) is 1. The quantitative estimate of drug-likeness (QED) is 0.918. The molecule has 0 amide bonds. The Kier molecular flexibility index (Phi) is 4.42. The maximum Gasteiger partial charge on any atom is 0.166 e. The van der Waals surface area contributed by atoms with Crippen LogP contribution in [0, 0.1) is 0 Å². The average Bonchev–Trinajstić information content (AvgIpc) is 2.26. The van der Waals surface area contributed by atoms with Crippen LogP contribution in [0.1, 0.15) is 25.0 Å². The third-order valence-corrected chi connectivity index (χ3v) is 2.68. The van der Waals surface area contributed by atoms with Crippen LogP contribution in [0.25, 0.3) is 0 Å². The molecule has 0 radical (unpaired) electrons. The van der Waals surface area contributed by atoms with Crippen molar-refractivity contribution in [3.63, 3.8) is 0 Å². The van der Waals surface area contributed by atoms with Crippen LogP contribution in [0.2, 0.25) is 0 Å². The van der Waals surface area contributed by atoms with Crippen molar-refractivity contribution < 1.29 is 14.6 Å². The van der Waals surface area contributed by atoms with Crippen LogP contribution >= 0.6 is 15.9 Å². The van der Waals surface area contributed by atoms with Gasteiger partial charge in [0.1, 0.15) is 0 Å². The molecule has 84 valence electrons. The van der Waals surface area contributed by atoms with Gasteiger partial charge in [-0.15, -0.1) is 0 Å². The fraction of sp³-hybridized carbons (Fsp3) is 0.455. The Bertz CT molecular complexity index is 339. The number of aliphatic hydroxyl groups excluding tert-OH is 1. The molecule has 15 heavy (non-hydrogen) atoms. The van der Waals surface area contributed by atoms with Gasteiger partial charge in [-0.2, -0.15) is 0 Å². The van der Waals surface area contributed by atoms with E-state index >= 15 is 0 Å². The first-order valence-corrected chi connectivity index (χ1v) is 5.52. The van der Waals surface area contributed by atoms with Gasteiger partial charge in [0, 0.05) is 10.0 Å². The number of hydrogen-bond acceptors (Lipinski definition) is 3. The number of aliphatic hydroxyl groups is 1. The van der Waals surface area contributed by atoms with E-state index < -0.39 is 6.10 Å². The largest absolute Gasteiger partial charge is 0.493 e. The molecule has 1 aromatic rings. The number of ether oxygens (including phenoxy) is 2. The van der Waals surface area contributed by atoms with Gasteiger partial charge in [-0.05, 0) is 18.6 Å². The van der Waals surface area contributed by atoms with Gasteiger partial charge in [0.05, 0.1) is 20.3 Å². The van der Waals surface area contributed by atoms with Gasteiger partial charge in [0.25, 0.3) is 0 Å². The molecule has 1 N–H and O–H groups in total. The van der Waals surface area contributed by atoms with E-state index in [1.54, 1.807) is 14.2 Å². The van der Waals surface area contributed by atoms with E-state index in [1.807, 2.05) is 19.1 Å². The Morgan fingerprint density at radius 2 is 2.00 bits per heavy atom. The summed E-state index contributed by atoms with van der Waals surface area (Å²) in [6, 6.07) is 3.65. The van der Waals surface area contributed by atoms with E-state index in [2.05, 4.69) is 15.9 Å². The highest BCUT2D eigenvalue weighted by Crippen LogP contribution is 2.38. The van der Waals surface area contributed by atoms with Crippen molar-refractivity contribution >= 4 is 15.9 Å². The van der Waals surface area contributed by atoms with Gasteiger partial charge in [-0.25, -0.2) is 0 Å². The van der Waals surface area contributed by atoms with Crippen molar-refractivity contribution in [3.8, 4) is 11.5 Å². The standard InChI is InChI=1S/C11H15BrO3/c1-4-9(13)8-5-7(12)6-10(14-2)11(8)15-3/h5-6,9,13H,4H2,1-3H3. The average molecular weight is 275 g/mol. The minimum Gasteiger partial charge on any atom is -0.493 e. The summed E-state index contributed by atoms with van der Waals surface area (Å²) in [6.45, 7) is 1.91. The lowest BCUT2D eigenvalue weighted by Crippen LogP contribution is -2.01. The first kappa shape index (κ1) is 12.3. The first-order chi connectivity index (χ1) is 7.13. The van der Waals surface area contributed by atoms with Crippen LogP contribution in [0.3, 0.4) is 0 Å². The maximum absolute atomic E-state index is 9.83. The monoisotopic (exact) mass is 274 g/mol. The van der Waals surface area contributed by atoms with Crippen molar-refractivity contribution in [2.45, 2.75) is 19.4 Å². The number of halogens is 1. The Labute approximate surface area is 98.1 Å². The molecular formula is C11H15BrO3. The predicted octanol–water partition coefficient (Wildman–Crippen LogP) is 2.91. The molecule has 1 aromatic carbocycles. The minimum absolute atomic E-state index is 0.536. The molecule has 4 heteroatoms. The SMILES string of the molecule is CCC(O)c1cc(Br)cc(OC)c1OC. The lowest BCUT2D eigenvalue weighted by Gasteiger charge is -2.16. The summed E-state index contributed by atoms with van der Waals surface area (Å²) in [4.78, 5) is 0. The van der Waals surface area contributed by atoms with Crippen LogP contribution in [0.4, 0.5) is 0 Å². The van der Waals surface area contributed by atoms with Crippen LogP contribution in [-0.4, -0.2) is 19.3 Å². The summed E-state index contributed by atoms with van der Waals surface area (Å²) in [7, 11) is 3.14. The molecule has 0 bridgehead atoms. The second-order valence-electron chi connectivity index (χ2n) is 3.15. The van der Waals surface area contributed by atoms with Gasteiger partial charge in [-0.3, -0.25) is 0 Å². The van der Waals surface area contributed by atoms with E-state index in [-0.39, 0.29) is 0 Å². The topological polar surface area (TPSA) is 38.7 Å². The van der Waals surface area contributed by atoms with Crippen molar-refractivity contribution in [1.29, 1.82) is 0 Å². The molecule has 0 saturated heterocycles. The third kappa shape index (κ3) is 2.63. The highest BCUT2D eigenvalue weighted by molar-refractivity contribution is 9.10. The molecule has 0 saturated carbocycles. The van der Waals surface area contributed by atoms with E-state index in [1.165, 1.54) is 0 Å². The van der Waals surface area contributed by atoms with Crippen LogP contribution in [0.15, 0.2) is 16.6 Å². The lowest BCUT2D eigenvalue weighted by atomic mass is 10.1. The predicted molar refractivity (Wildman–Crippen MR) is 62.5 cm³/mol. The smallest absolute Gasteiger partial charge is 0.166 e. The molecular weight excluding hydrogens is 260 g/mol. The summed E-state index contributed by atoms with van der Waals surface area (Å²) in [5, 5.41) is 9.83. The van der Waals surface area contributed by atoms with E-state index in [0.717, 1.165) is 10.0 Å². The zero-order valence-corrected chi connectivity index (χ0v) is 10.7. The van der Waals surface area contributed by atoms with Crippen LogP contribution < -0.4 is 9.47 Å². The zero-order valence-electron chi connectivity index (χ0n) is 9.08. The molecule has 0 spiro atoms. The van der Waals surface area contributed by atoms with Crippen molar-refractivity contribution in [2.24, 2.45) is 0 Å². The number of methoxy groups -OCH3 is 2. The highest BCUT2D eigenvalue weighted by atomic mass is 79.9. The molecule has 1 rings (SSSR count). The van der Waals surface area contributed by atoms with E-state index in [4.69, 9.17) is 9.47 Å². The molecule has 0 heterocycles. The van der Waals surface area contributed by atoms with Crippen molar-refractivity contribution in [2.75, 3.05) is 14.2 Å². The maximum atomic E-state index is 9.83. The second-order valence-corrected chi connectivity index (χ2v) is 4.07. The zero-order chi connectivity index (χ0) is 11.4. The molecule has 0 aliphatic carbocycles. The molecule has 0 aromatic heterocycles. The van der Waals surface area contributed by atoms with Crippen LogP contribution in [-0.2, 0) is 0 Å². The Balaban J connectivity index is 3.28. The summed E-state index contributed by atoms with van der Waals surface area (Å²) in [5.74, 6) is 1.21. The van der Waals surface area contributed by atoms with Crippen molar-refractivity contribution in [1.82, 2.24) is 0 Å². The van der Waals surface area contributed by atoms with Gasteiger partial charge >= 0.3 is 0 Å². The fourth-order valence-corrected chi connectivity index (χ4v) is 1.88. The first-order valence-electron chi connectivity index (χ1n) is 4.73. The normalized spacial score (nSPS) is 12.3. The van der Waals surface area contributed by atoms with Gasteiger partial charge in [0.15, 0.2) is 11.5 Å².